The third-order valence-corrected chi connectivity index (χ3v) is 5.95. The summed E-state index contributed by atoms with van der Waals surface area (Å²) in [4.78, 5) is 0. The van der Waals surface area contributed by atoms with Gasteiger partial charge in [-0.3, -0.25) is 0 Å². The molecule has 1 aliphatic carbocycles. The molecule has 1 rings (SSSR count). The summed E-state index contributed by atoms with van der Waals surface area (Å²) in [5, 5.41) is 3.29. The van der Waals surface area contributed by atoms with Crippen molar-refractivity contribution < 1.29 is 8.42 Å². The first kappa shape index (κ1) is 15.0. The molecule has 0 aromatic heterocycles. The van der Waals surface area contributed by atoms with Crippen LogP contribution in [-0.4, -0.2) is 32.0 Å². The first-order chi connectivity index (χ1) is 8.11. The Morgan fingerprint density at radius 2 is 1.82 bits per heavy atom. The summed E-state index contributed by atoms with van der Waals surface area (Å²) in [7, 11) is -2.89. The zero-order chi connectivity index (χ0) is 12.7. The molecule has 4 heteroatoms. The molecule has 0 aliphatic heterocycles. The van der Waals surface area contributed by atoms with Crippen LogP contribution in [0.4, 0.5) is 0 Å². The fourth-order valence-corrected chi connectivity index (χ4v) is 4.84. The molecule has 102 valence electrons. The highest BCUT2D eigenvalue weighted by atomic mass is 32.2. The Morgan fingerprint density at radius 1 is 1.12 bits per heavy atom. The van der Waals surface area contributed by atoms with Gasteiger partial charge in [-0.1, -0.05) is 33.1 Å². The Bertz CT molecular complexity index is 301. The first-order valence-electron chi connectivity index (χ1n) is 7.06. The Kier molecular flexibility index (Phi) is 6.49. The van der Waals surface area contributed by atoms with E-state index in [9.17, 15) is 8.42 Å². The molecule has 0 radical (unpaired) electrons. The van der Waals surface area contributed by atoms with E-state index in [0.29, 0.717) is 5.75 Å². The second kappa shape index (κ2) is 7.37. The van der Waals surface area contributed by atoms with Crippen molar-refractivity contribution in [2.75, 3.05) is 12.3 Å². The summed E-state index contributed by atoms with van der Waals surface area (Å²) in [5.74, 6) is 0.373. The average Bonchev–Trinajstić information content (AvgIpc) is 2.34. The van der Waals surface area contributed by atoms with Crippen molar-refractivity contribution in [3.05, 3.63) is 0 Å². The van der Waals surface area contributed by atoms with Crippen molar-refractivity contribution in [1.29, 1.82) is 0 Å². The molecule has 0 amide bonds. The Balaban J connectivity index is 2.62. The van der Waals surface area contributed by atoms with Crippen LogP contribution in [0.15, 0.2) is 0 Å². The minimum absolute atomic E-state index is 0.130. The molecule has 17 heavy (non-hydrogen) atoms. The van der Waals surface area contributed by atoms with Crippen molar-refractivity contribution >= 4 is 9.84 Å². The summed E-state index contributed by atoms with van der Waals surface area (Å²) < 4.78 is 24.6. The molecular weight excluding hydrogens is 234 g/mol. The zero-order valence-corrected chi connectivity index (χ0v) is 12.1. The van der Waals surface area contributed by atoms with E-state index < -0.39 is 9.84 Å². The average molecular weight is 261 g/mol. The van der Waals surface area contributed by atoms with Gasteiger partial charge >= 0.3 is 0 Å². The molecule has 0 bridgehead atoms. The number of rotatable bonds is 7. The largest absolute Gasteiger partial charge is 0.313 e. The maximum Gasteiger partial charge on any atom is 0.154 e. The molecule has 2 atom stereocenters. The third-order valence-electron chi connectivity index (χ3n) is 3.60. The highest BCUT2D eigenvalue weighted by Crippen LogP contribution is 2.25. The minimum Gasteiger partial charge on any atom is -0.313 e. The minimum atomic E-state index is -2.89. The van der Waals surface area contributed by atoms with E-state index in [2.05, 4.69) is 12.2 Å². The van der Waals surface area contributed by atoms with Gasteiger partial charge in [0.25, 0.3) is 0 Å². The normalized spacial score (nSPS) is 26.0. The lowest BCUT2D eigenvalue weighted by Gasteiger charge is -2.32. The zero-order valence-electron chi connectivity index (χ0n) is 11.2. The molecule has 0 aromatic rings. The second-order valence-electron chi connectivity index (χ2n) is 5.10. The molecule has 1 fully saturated rings. The van der Waals surface area contributed by atoms with Crippen LogP contribution >= 0.6 is 0 Å². The lowest BCUT2D eigenvalue weighted by Crippen LogP contribution is -2.47. The molecule has 1 aliphatic rings. The number of sulfone groups is 1. The van der Waals surface area contributed by atoms with Crippen LogP contribution in [0.2, 0.25) is 0 Å². The maximum atomic E-state index is 12.3. The molecule has 3 nitrogen and oxygen atoms in total. The summed E-state index contributed by atoms with van der Waals surface area (Å²) in [6.07, 6.45) is 6.95. The van der Waals surface area contributed by atoms with Gasteiger partial charge in [0.05, 0.1) is 11.0 Å². The molecule has 1 saturated carbocycles. The van der Waals surface area contributed by atoms with Crippen molar-refractivity contribution in [2.24, 2.45) is 0 Å². The number of hydrogen-bond donors (Lipinski definition) is 1. The molecule has 1 N–H and O–H groups in total. The van der Waals surface area contributed by atoms with Gasteiger partial charge < -0.3 is 5.32 Å². The number of hydrogen-bond acceptors (Lipinski definition) is 3. The van der Waals surface area contributed by atoms with Crippen LogP contribution in [-0.2, 0) is 9.84 Å². The predicted octanol–water partition coefficient (Wildman–Crippen LogP) is 2.51. The quantitative estimate of drug-likeness (QED) is 0.766. The van der Waals surface area contributed by atoms with E-state index in [1.165, 1.54) is 6.42 Å². The summed E-state index contributed by atoms with van der Waals surface area (Å²) in [5.41, 5.74) is 0. The van der Waals surface area contributed by atoms with Crippen LogP contribution < -0.4 is 5.32 Å². The van der Waals surface area contributed by atoms with Gasteiger partial charge in [0.1, 0.15) is 0 Å². The highest BCUT2D eigenvalue weighted by Gasteiger charge is 2.34. The summed E-state index contributed by atoms with van der Waals surface area (Å²) in [6.45, 7) is 5.10. The number of nitrogens with one attached hydrogen (secondary N) is 1. The van der Waals surface area contributed by atoms with Gasteiger partial charge in [0.15, 0.2) is 9.84 Å². The molecule has 0 saturated heterocycles. The summed E-state index contributed by atoms with van der Waals surface area (Å²) in [6, 6.07) is 0.200. The van der Waals surface area contributed by atoms with E-state index in [1.54, 1.807) is 0 Å². The van der Waals surface area contributed by atoms with Crippen LogP contribution in [0.1, 0.15) is 58.8 Å². The van der Waals surface area contributed by atoms with Crippen LogP contribution in [0.5, 0.6) is 0 Å². The van der Waals surface area contributed by atoms with Crippen molar-refractivity contribution in [3.63, 3.8) is 0 Å². The first-order valence-corrected chi connectivity index (χ1v) is 8.78. The molecule has 2 unspecified atom stereocenters. The monoisotopic (exact) mass is 261 g/mol. The Hall–Kier alpha value is -0.0900. The van der Waals surface area contributed by atoms with Gasteiger partial charge in [-0.25, -0.2) is 8.42 Å². The number of unbranched alkanes of at least 4 members (excludes halogenated alkanes) is 1. The van der Waals surface area contributed by atoms with Gasteiger partial charge in [0, 0.05) is 6.04 Å². The van der Waals surface area contributed by atoms with Crippen LogP contribution in [0, 0.1) is 0 Å². The molecule has 0 heterocycles. The van der Waals surface area contributed by atoms with Gasteiger partial charge in [-0.15, -0.1) is 0 Å². The van der Waals surface area contributed by atoms with Crippen molar-refractivity contribution in [3.8, 4) is 0 Å². The highest BCUT2D eigenvalue weighted by molar-refractivity contribution is 7.92. The van der Waals surface area contributed by atoms with E-state index in [-0.39, 0.29) is 11.3 Å². The topological polar surface area (TPSA) is 46.2 Å². The van der Waals surface area contributed by atoms with Gasteiger partial charge in [-0.05, 0) is 32.2 Å². The van der Waals surface area contributed by atoms with Gasteiger partial charge in [-0.2, -0.15) is 0 Å². The fraction of sp³-hybridized carbons (Fsp3) is 1.00. The van der Waals surface area contributed by atoms with E-state index in [4.69, 9.17) is 0 Å². The molecular formula is C13H27NO2S. The van der Waals surface area contributed by atoms with Crippen LogP contribution in [0.25, 0.3) is 0 Å². The van der Waals surface area contributed by atoms with E-state index in [0.717, 1.165) is 45.1 Å². The van der Waals surface area contributed by atoms with E-state index >= 15 is 0 Å². The molecule has 0 aromatic carbocycles. The lowest BCUT2D eigenvalue weighted by atomic mass is 9.95. The van der Waals surface area contributed by atoms with Crippen LogP contribution in [0.3, 0.4) is 0 Å². The third kappa shape index (κ3) is 4.59. The predicted molar refractivity (Wildman–Crippen MR) is 73.0 cm³/mol. The smallest absolute Gasteiger partial charge is 0.154 e. The standard InChI is InChI=1S/C13H27NO2S/c1-3-5-11-17(15,16)13-9-7-6-8-12(13)14-10-4-2/h12-14H,3-11H2,1-2H3. The SMILES string of the molecule is CCCCS(=O)(=O)C1CCCCC1NCCC. The van der Waals surface area contributed by atoms with E-state index in [1.807, 2.05) is 6.92 Å². The van der Waals surface area contributed by atoms with Crippen molar-refractivity contribution in [2.45, 2.75) is 70.1 Å². The fourth-order valence-electron chi connectivity index (χ4n) is 2.59. The second-order valence-corrected chi connectivity index (χ2v) is 7.44. The Labute approximate surface area is 106 Å². The van der Waals surface area contributed by atoms with Gasteiger partial charge in [0.2, 0.25) is 0 Å². The lowest BCUT2D eigenvalue weighted by molar-refractivity contribution is 0.371. The maximum absolute atomic E-state index is 12.3. The Morgan fingerprint density at radius 3 is 2.47 bits per heavy atom. The molecule has 0 spiro atoms. The summed E-state index contributed by atoms with van der Waals surface area (Å²) >= 11 is 0. The van der Waals surface area contributed by atoms with Crippen molar-refractivity contribution in [1.82, 2.24) is 5.32 Å².